The third-order valence-electron chi connectivity index (χ3n) is 16.1. The average Bonchev–Trinajstić information content (AvgIpc) is 2.60. The van der Waals surface area contributed by atoms with Gasteiger partial charge in [0.05, 0.1) is 68.4 Å². The number of rotatable bonds is 18. The molecule has 0 saturated carbocycles. The molecule has 12 aromatic rings. The van der Waals surface area contributed by atoms with Crippen LogP contribution in [0.4, 0.5) is 0 Å². The van der Waals surface area contributed by atoms with Gasteiger partial charge in [-0.3, -0.25) is 14.4 Å². The number of aromatic nitrogens is 3. The fourth-order valence-electron chi connectivity index (χ4n) is 11.6. The number of amides is 3. The fourth-order valence-corrected chi connectivity index (χ4v) is 12.7. The fraction of sp³-hybridized carbons (Fsp3) is 0.165. The van der Waals surface area contributed by atoms with E-state index in [0.717, 1.165) is 125 Å². The van der Waals surface area contributed by atoms with Crippen molar-refractivity contribution in [1.29, 1.82) is 0 Å². The maximum absolute atomic E-state index is 13.7. The smallest absolute Gasteiger partial charge is 0.252 e. The molecule has 0 spiro atoms. The van der Waals surface area contributed by atoms with Gasteiger partial charge in [0.2, 0.25) is 0 Å². The molecule has 90 heavy (non-hydrogen) atoms. The number of halogens is 1. The van der Waals surface area contributed by atoms with Crippen molar-refractivity contribution in [2.75, 3.05) is 6.26 Å². The van der Waals surface area contributed by atoms with E-state index in [1.54, 1.807) is 11.8 Å². The zero-order valence-corrected chi connectivity index (χ0v) is 53.8. The third-order valence-corrected chi connectivity index (χ3v) is 17.3. The molecule has 0 radical (unpaired) electrons. The Bertz CT molecular complexity index is 4370. The van der Waals surface area contributed by atoms with Crippen molar-refractivity contribution in [1.82, 2.24) is 30.9 Å². The Labute approximate surface area is 541 Å². The van der Waals surface area contributed by atoms with Gasteiger partial charge in [0, 0.05) is 55.1 Å². The summed E-state index contributed by atoms with van der Waals surface area (Å²) in [6.45, 7) is 8.26. The quantitative estimate of drug-likeness (QED) is 0.0731. The Balaban J connectivity index is 0.000000149. The second-order valence-electron chi connectivity index (χ2n) is 21.8. The first-order valence-corrected chi connectivity index (χ1v) is 33.2. The molecule has 9 nitrogen and oxygen atoms in total. The van der Waals surface area contributed by atoms with Crippen molar-refractivity contribution in [3.05, 3.63) is 305 Å². The number of thioether (sulfide) groups is 1. The summed E-state index contributed by atoms with van der Waals surface area (Å²) in [6.07, 6.45) is 4.52. The van der Waals surface area contributed by atoms with Gasteiger partial charge in [0.15, 0.2) is 0 Å². The second-order valence-corrected chi connectivity index (χ2v) is 23.3. The molecule has 0 aliphatic carbocycles. The van der Waals surface area contributed by atoms with Crippen LogP contribution in [0.15, 0.2) is 255 Å². The van der Waals surface area contributed by atoms with Crippen LogP contribution in [0.3, 0.4) is 0 Å². The van der Waals surface area contributed by atoms with Crippen LogP contribution in [0.2, 0.25) is 0 Å². The molecule has 3 atom stereocenters. The molecule has 0 unspecified atom stereocenters. The van der Waals surface area contributed by atoms with Gasteiger partial charge in [-0.2, -0.15) is 11.8 Å². The standard InChI is InChI=1S/C27H26N2OS.C26H23BrN2O.C26H24N2O/c1-3-23(19-12-6-4-7-13-19)29-27(30)25-21-16-10-11-17-24(21)28-26(22(25)18-31-2)20-14-8-5-9-15-20;1-2-22(18-11-5-3-6-12-18)29-26(30)24-20-15-9-10-16-23(20)28-25(21(24)17-27)19-13-7-4-8-14-19;1-3-22(19-12-6-4-7-13-19)28-26(29)24-18(2)25(20-14-8-5-9-15-20)27-23-17-11-10-16-21(23)24/h4-17,23H,3,18H2,1-2H3,(H,29,30);3-16,22H,2,17H2,1H3,(H,29,30);4-17,22H,3H2,1-2H3,(H,28,29)/t23-;2*22-/m000/s1. The number of hydrogen-bond donors (Lipinski definition) is 3. The van der Waals surface area contributed by atoms with Crippen molar-refractivity contribution in [3.8, 4) is 33.8 Å². The summed E-state index contributed by atoms with van der Waals surface area (Å²) in [5.74, 6) is 0.535. The second kappa shape index (κ2) is 31.1. The molecule has 0 fully saturated rings. The molecular formula is C79H73BrN6O3S. The number of hydrogen-bond acceptors (Lipinski definition) is 7. The van der Waals surface area contributed by atoms with Gasteiger partial charge in [-0.25, -0.2) is 15.0 Å². The summed E-state index contributed by atoms with van der Waals surface area (Å²) in [7, 11) is 0. The van der Waals surface area contributed by atoms with Crippen LogP contribution < -0.4 is 16.0 Å². The van der Waals surface area contributed by atoms with E-state index in [-0.39, 0.29) is 35.8 Å². The lowest BCUT2D eigenvalue weighted by Crippen LogP contribution is -2.29. The minimum absolute atomic E-state index is 0.0322. The Morgan fingerprint density at radius 2 is 0.656 bits per heavy atom. The topological polar surface area (TPSA) is 126 Å². The largest absolute Gasteiger partial charge is 0.345 e. The highest BCUT2D eigenvalue weighted by Crippen LogP contribution is 2.36. The Hall–Kier alpha value is -9.55. The molecule has 0 aliphatic rings. The van der Waals surface area contributed by atoms with E-state index >= 15 is 0 Å². The van der Waals surface area contributed by atoms with Gasteiger partial charge in [0.1, 0.15) is 0 Å². The van der Waals surface area contributed by atoms with Gasteiger partial charge in [-0.1, -0.05) is 273 Å². The number of fused-ring (bicyclic) bond motifs is 3. The van der Waals surface area contributed by atoms with Crippen LogP contribution in [0, 0.1) is 6.92 Å². The third kappa shape index (κ3) is 14.8. The predicted octanol–water partition coefficient (Wildman–Crippen LogP) is 19.4. The summed E-state index contributed by atoms with van der Waals surface area (Å²) in [5, 5.41) is 13.0. The molecule has 3 heterocycles. The summed E-state index contributed by atoms with van der Waals surface area (Å²) < 4.78 is 0. The highest BCUT2D eigenvalue weighted by Gasteiger charge is 2.26. The van der Waals surface area contributed by atoms with E-state index in [1.807, 2.05) is 213 Å². The number of para-hydroxylation sites is 3. The summed E-state index contributed by atoms with van der Waals surface area (Å²) in [4.78, 5) is 55.5. The number of nitrogens with zero attached hydrogens (tertiary/aromatic N) is 3. The first-order chi connectivity index (χ1) is 44.1. The number of carbonyl (C=O) groups is 3. The van der Waals surface area contributed by atoms with E-state index in [1.165, 1.54) is 0 Å². The number of pyridine rings is 3. The molecule has 12 rings (SSSR count). The van der Waals surface area contributed by atoms with Crippen molar-refractivity contribution >= 4 is 78.1 Å². The van der Waals surface area contributed by atoms with Gasteiger partial charge >= 0.3 is 0 Å². The van der Waals surface area contributed by atoms with Gasteiger partial charge in [-0.05, 0) is 72.9 Å². The molecule has 0 saturated heterocycles. The Morgan fingerprint density at radius 3 is 1.00 bits per heavy atom. The molecule has 3 N–H and O–H groups in total. The van der Waals surface area contributed by atoms with Crippen LogP contribution >= 0.6 is 27.7 Å². The van der Waals surface area contributed by atoms with E-state index in [9.17, 15) is 14.4 Å². The first kappa shape index (κ1) is 63.5. The van der Waals surface area contributed by atoms with E-state index in [0.29, 0.717) is 22.2 Å². The van der Waals surface area contributed by atoms with Crippen LogP contribution in [0.5, 0.6) is 0 Å². The minimum atomic E-state index is -0.0732. The molecule has 0 bridgehead atoms. The number of nitrogens with one attached hydrogen (secondary N) is 3. The first-order valence-electron chi connectivity index (χ1n) is 30.6. The average molecular weight is 1270 g/mol. The van der Waals surface area contributed by atoms with Crippen molar-refractivity contribution in [2.24, 2.45) is 0 Å². The molecule has 0 aliphatic heterocycles. The lowest BCUT2D eigenvalue weighted by atomic mass is 9.96. The van der Waals surface area contributed by atoms with Gasteiger partial charge in [0.25, 0.3) is 17.7 Å². The lowest BCUT2D eigenvalue weighted by Gasteiger charge is -2.21. The number of carbonyl (C=O) groups excluding carboxylic acids is 3. The highest BCUT2D eigenvalue weighted by molar-refractivity contribution is 9.08. The van der Waals surface area contributed by atoms with Crippen LogP contribution in [-0.2, 0) is 11.1 Å². The summed E-state index contributed by atoms with van der Waals surface area (Å²) in [5.41, 5.74) is 16.3. The Kier molecular flexibility index (Phi) is 21.9. The number of benzene rings is 9. The maximum Gasteiger partial charge on any atom is 0.252 e. The molecule has 11 heteroatoms. The Morgan fingerprint density at radius 1 is 0.378 bits per heavy atom. The van der Waals surface area contributed by atoms with Crippen molar-refractivity contribution in [3.63, 3.8) is 0 Å². The van der Waals surface area contributed by atoms with E-state index in [4.69, 9.17) is 15.0 Å². The molecule has 3 amide bonds. The van der Waals surface area contributed by atoms with Crippen LogP contribution in [0.25, 0.3) is 66.5 Å². The van der Waals surface area contributed by atoms with E-state index < -0.39 is 0 Å². The SMILES string of the molecule is CC[C@H](NC(=O)c1c(C)c(-c2ccccc2)nc2ccccc12)c1ccccc1.CC[C@H](NC(=O)c1c(CBr)c(-c2ccccc2)nc2ccccc12)c1ccccc1.CC[C@H](NC(=O)c1c(CSC)c(-c2ccccc2)nc2ccccc12)c1ccccc1. The monoisotopic (exact) mass is 1260 g/mol. The van der Waals surface area contributed by atoms with Crippen LogP contribution in [0.1, 0.15) is 123 Å². The maximum atomic E-state index is 13.7. The van der Waals surface area contributed by atoms with Crippen molar-refractivity contribution < 1.29 is 14.4 Å². The van der Waals surface area contributed by atoms with Gasteiger partial charge < -0.3 is 16.0 Å². The van der Waals surface area contributed by atoms with E-state index in [2.05, 4.69) is 107 Å². The molecule has 9 aromatic carbocycles. The lowest BCUT2D eigenvalue weighted by molar-refractivity contribution is 0.0928. The zero-order chi connectivity index (χ0) is 62.8. The van der Waals surface area contributed by atoms with Crippen molar-refractivity contribution in [2.45, 2.75) is 76.2 Å². The number of alkyl halides is 1. The van der Waals surface area contributed by atoms with Crippen LogP contribution in [-0.4, -0.2) is 38.9 Å². The summed E-state index contributed by atoms with van der Waals surface area (Å²) >= 11 is 5.32. The zero-order valence-electron chi connectivity index (χ0n) is 51.4. The van der Waals surface area contributed by atoms with Gasteiger partial charge in [-0.15, -0.1) is 0 Å². The summed E-state index contributed by atoms with van der Waals surface area (Å²) in [6, 6.07) is 84.1. The molecule has 450 valence electrons. The molecular weight excluding hydrogens is 1190 g/mol. The minimum Gasteiger partial charge on any atom is -0.345 e. The molecule has 3 aromatic heterocycles. The normalized spacial score (nSPS) is 11.9. The highest BCUT2D eigenvalue weighted by atomic mass is 79.9. The predicted molar refractivity (Wildman–Crippen MR) is 377 cm³/mol.